The summed E-state index contributed by atoms with van der Waals surface area (Å²) < 4.78 is 6.64. The molecule has 100 valence electrons. The number of rotatable bonds is 5. The van der Waals surface area contributed by atoms with Crippen LogP contribution in [0.4, 0.5) is 0 Å². The number of aromatic nitrogens is 3. The lowest BCUT2D eigenvalue weighted by Gasteiger charge is -2.04. The van der Waals surface area contributed by atoms with E-state index in [2.05, 4.69) is 10.3 Å². The van der Waals surface area contributed by atoms with Crippen LogP contribution in [0, 0.1) is 0 Å². The zero-order valence-electron chi connectivity index (χ0n) is 11.2. The molecule has 0 saturated carbocycles. The van der Waals surface area contributed by atoms with Crippen molar-refractivity contribution in [3.8, 4) is 5.69 Å². The molecule has 0 radical (unpaired) electrons. The summed E-state index contributed by atoms with van der Waals surface area (Å²) in [6, 6.07) is 7.64. The standard InChI is InChI=1S/C14H17N3O2/c1-3-12-10-17(16-15-12)13-7-5-11(6-8-13)9-14(18)19-4-2/h5-8,10H,3-4,9H2,1-2H3. The number of ether oxygens (including phenoxy) is 1. The molecular formula is C14H17N3O2. The summed E-state index contributed by atoms with van der Waals surface area (Å²) >= 11 is 0. The number of carbonyl (C=O) groups is 1. The summed E-state index contributed by atoms with van der Waals surface area (Å²) in [5.41, 5.74) is 2.81. The highest BCUT2D eigenvalue weighted by Crippen LogP contribution is 2.10. The van der Waals surface area contributed by atoms with E-state index >= 15 is 0 Å². The zero-order valence-corrected chi connectivity index (χ0v) is 11.2. The van der Waals surface area contributed by atoms with Gasteiger partial charge in [-0.15, -0.1) is 5.10 Å². The summed E-state index contributed by atoms with van der Waals surface area (Å²) in [6.45, 7) is 4.25. The molecule has 0 amide bonds. The predicted molar refractivity (Wildman–Crippen MR) is 71.1 cm³/mol. The van der Waals surface area contributed by atoms with Crippen LogP contribution in [-0.2, 0) is 22.4 Å². The van der Waals surface area contributed by atoms with Crippen LogP contribution in [0.5, 0.6) is 0 Å². The normalized spacial score (nSPS) is 10.4. The topological polar surface area (TPSA) is 57.0 Å². The van der Waals surface area contributed by atoms with Gasteiger partial charge in [-0.25, -0.2) is 4.68 Å². The van der Waals surface area contributed by atoms with E-state index < -0.39 is 0 Å². The summed E-state index contributed by atoms with van der Waals surface area (Å²) in [5.74, 6) is -0.204. The van der Waals surface area contributed by atoms with Crippen molar-refractivity contribution in [3.05, 3.63) is 41.7 Å². The van der Waals surface area contributed by atoms with Crippen LogP contribution in [0.15, 0.2) is 30.5 Å². The van der Waals surface area contributed by atoms with E-state index in [0.717, 1.165) is 23.4 Å². The largest absolute Gasteiger partial charge is 0.466 e. The maximum Gasteiger partial charge on any atom is 0.310 e. The maximum atomic E-state index is 11.4. The summed E-state index contributed by atoms with van der Waals surface area (Å²) in [6.07, 6.45) is 3.06. The van der Waals surface area contributed by atoms with E-state index in [-0.39, 0.29) is 5.97 Å². The number of aryl methyl sites for hydroxylation is 1. The highest BCUT2D eigenvalue weighted by molar-refractivity contribution is 5.72. The Morgan fingerprint density at radius 2 is 2.00 bits per heavy atom. The molecule has 2 rings (SSSR count). The number of benzene rings is 1. The van der Waals surface area contributed by atoms with E-state index in [1.807, 2.05) is 37.4 Å². The van der Waals surface area contributed by atoms with Crippen molar-refractivity contribution in [1.29, 1.82) is 0 Å². The second kappa shape index (κ2) is 6.13. The second-order valence-corrected chi connectivity index (χ2v) is 4.16. The van der Waals surface area contributed by atoms with Crippen LogP contribution in [0.2, 0.25) is 0 Å². The third kappa shape index (κ3) is 3.40. The number of nitrogens with zero attached hydrogens (tertiary/aromatic N) is 3. The van der Waals surface area contributed by atoms with Gasteiger partial charge in [0.2, 0.25) is 0 Å². The van der Waals surface area contributed by atoms with Gasteiger partial charge in [0.1, 0.15) is 0 Å². The lowest BCUT2D eigenvalue weighted by Crippen LogP contribution is -2.07. The minimum atomic E-state index is -0.204. The smallest absolute Gasteiger partial charge is 0.310 e. The van der Waals surface area contributed by atoms with Gasteiger partial charge in [-0.2, -0.15) is 0 Å². The molecule has 1 heterocycles. The van der Waals surface area contributed by atoms with Gasteiger partial charge < -0.3 is 4.74 Å². The van der Waals surface area contributed by atoms with Crippen LogP contribution in [-0.4, -0.2) is 27.6 Å². The van der Waals surface area contributed by atoms with Crippen LogP contribution in [0.25, 0.3) is 5.69 Å². The first-order chi connectivity index (χ1) is 9.22. The third-order valence-electron chi connectivity index (χ3n) is 2.76. The van der Waals surface area contributed by atoms with Gasteiger partial charge in [0, 0.05) is 0 Å². The SMILES string of the molecule is CCOC(=O)Cc1ccc(-n2cc(CC)nn2)cc1. The van der Waals surface area contributed by atoms with Crippen molar-refractivity contribution in [2.75, 3.05) is 6.61 Å². The summed E-state index contributed by atoms with van der Waals surface area (Å²) in [4.78, 5) is 11.4. The van der Waals surface area contributed by atoms with Crippen molar-refractivity contribution in [2.45, 2.75) is 26.7 Å². The maximum absolute atomic E-state index is 11.4. The number of carbonyl (C=O) groups excluding carboxylic acids is 1. The van der Waals surface area contributed by atoms with Gasteiger partial charge in [0.25, 0.3) is 0 Å². The average Bonchev–Trinajstić information content (AvgIpc) is 2.88. The van der Waals surface area contributed by atoms with Crippen LogP contribution < -0.4 is 0 Å². The quantitative estimate of drug-likeness (QED) is 0.770. The molecule has 0 bridgehead atoms. The molecule has 0 unspecified atom stereocenters. The van der Waals surface area contributed by atoms with Crippen molar-refractivity contribution < 1.29 is 9.53 Å². The first-order valence-corrected chi connectivity index (χ1v) is 6.39. The Hall–Kier alpha value is -2.17. The molecule has 0 saturated heterocycles. The Morgan fingerprint density at radius 1 is 1.26 bits per heavy atom. The average molecular weight is 259 g/mol. The van der Waals surface area contributed by atoms with Crippen molar-refractivity contribution in [1.82, 2.24) is 15.0 Å². The molecule has 19 heavy (non-hydrogen) atoms. The van der Waals surface area contributed by atoms with Gasteiger partial charge in [0.05, 0.1) is 30.6 Å². The number of hydrogen-bond acceptors (Lipinski definition) is 4. The van der Waals surface area contributed by atoms with E-state index in [4.69, 9.17) is 4.74 Å². The van der Waals surface area contributed by atoms with Gasteiger partial charge >= 0.3 is 5.97 Å². The van der Waals surface area contributed by atoms with Crippen LogP contribution in [0.3, 0.4) is 0 Å². The fourth-order valence-corrected chi connectivity index (χ4v) is 1.73. The molecule has 0 spiro atoms. The van der Waals surface area contributed by atoms with Gasteiger partial charge in [-0.05, 0) is 31.0 Å². The third-order valence-corrected chi connectivity index (χ3v) is 2.76. The molecule has 0 aliphatic carbocycles. The highest BCUT2D eigenvalue weighted by Gasteiger charge is 2.05. The minimum Gasteiger partial charge on any atom is -0.466 e. The molecule has 0 N–H and O–H groups in total. The van der Waals surface area contributed by atoms with Crippen LogP contribution >= 0.6 is 0 Å². The molecule has 1 aromatic carbocycles. The highest BCUT2D eigenvalue weighted by atomic mass is 16.5. The minimum absolute atomic E-state index is 0.204. The van der Waals surface area contributed by atoms with Gasteiger partial charge in [-0.1, -0.05) is 24.3 Å². The lowest BCUT2D eigenvalue weighted by atomic mass is 10.1. The van der Waals surface area contributed by atoms with Crippen LogP contribution in [0.1, 0.15) is 25.1 Å². The first-order valence-electron chi connectivity index (χ1n) is 6.39. The Balaban J connectivity index is 2.07. The summed E-state index contributed by atoms with van der Waals surface area (Å²) in [7, 11) is 0. The van der Waals surface area contributed by atoms with E-state index in [9.17, 15) is 4.79 Å². The van der Waals surface area contributed by atoms with E-state index in [1.165, 1.54) is 0 Å². The fourth-order valence-electron chi connectivity index (χ4n) is 1.73. The Morgan fingerprint density at radius 3 is 2.58 bits per heavy atom. The Kier molecular flexibility index (Phi) is 4.28. The fraction of sp³-hybridized carbons (Fsp3) is 0.357. The second-order valence-electron chi connectivity index (χ2n) is 4.16. The van der Waals surface area contributed by atoms with Crippen molar-refractivity contribution in [3.63, 3.8) is 0 Å². The molecular weight excluding hydrogens is 242 g/mol. The Labute approximate surface area is 112 Å². The molecule has 5 heteroatoms. The molecule has 2 aromatic rings. The number of hydrogen-bond donors (Lipinski definition) is 0. The zero-order chi connectivity index (χ0) is 13.7. The molecule has 0 fully saturated rings. The predicted octanol–water partition coefficient (Wildman–Crippen LogP) is 1.94. The summed E-state index contributed by atoms with van der Waals surface area (Å²) in [5, 5.41) is 8.10. The molecule has 0 atom stereocenters. The van der Waals surface area contributed by atoms with Crippen molar-refractivity contribution >= 4 is 5.97 Å². The van der Waals surface area contributed by atoms with Crippen molar-refractivity contribution in [2.24, 2.45) is 0 Å². The molecule has 5 nitrogen and oxygen atoms in total. The monoisotopic (exact) mass is 259 g/mol. The first kappa shape index (κ1) is 13.3. The van der Waals surface area contributed by atoms with E-state index in [0.29, 0.717) is 13.0 Å². The molecule has 0 aliphatic heterocycles. The van der Waals surface area contributed by atoms with Gasteiger partial charge in [0.15, 0.2) is 0 Å². The number of esters is 1. The lowest BCUT2D eigenvalue weighted by molar-refractivity contribution is -0.142. The molecule has 0 aliphatic rings. The van der Waals surface area contributed by atoms with E-state index in [1.54, 1.807) is 11.6 Å². The van der Waals surface area contributed by atoms with Gasteiger partial charge in [-0.3, -0.25) is 4.79 Å². The Bertz CT molecular complexity index is 546. The molecule has 1 aromatic heterocycles.